The zero-order valence-corrected chi connectivity index (χ0v) is 9.30. The van der Waals surface area contributed by atoms with Crippen molar-refractivity contribution in [2.24, 2.45) is 0 Å². The van der Waals surface area contributed by atoms with Crippen LogP contribution in [0.3, 0.4) is 0 Å². The Kier molecular flexibility index (Phi) is 4.84. The topological polar surface area (TPSA) is 18.5 Å². The van der Waals surface area contributed by atoms with E-state index in [1.54, 1.807) is 7.11 Å². The third-order valence-corrected chi connectivity index (χ3v) is 2.32. The van der Waals surface area contributed by atoms with Crippen LogP contribution in [0.25, 0.3) is 0 Å². The lowest BCUT2D eigenvalue weighted by Crippen LogP contribution is -2.04. The first-order valence-electron chi connectivity index (χ1n) is 4.68. The van der Waals surface area contributed by atoms with Crippen molar-refractivity contribution >= 4 is 19.4 Å². The Morgan fingerprint density at radius 3 is 2.79 bits per heavy atom. The maximum atomic E-state index is 5.98. The predicted octanol–water partition coefficient (Wildman–Crippen LogP) is 1.50. The minimum absolute atomic E-state index is 0.571. The molecule has 0 aliphatic rings. The fourth-order valence-corrected chi connectivity index (χ4v) is 1.41. The van der Waals surface area contributed by atoms with Gasteiger partial charge in [0, 0.05) is 12.1 Å². The summed E-state index contributed by atoms with van der Waals surface area (Å²) in [7, 11) is 3.73. The molecule has 0 heterocycles. The van der Waals surface area contributed by atoms with E-state index in [1.165, 1.54) is 0 Å². The summed E-state index contributed by atoms with van der Waals surface area (Å²) in [6.07, 6.45) is 0.917. The lowest BCUT2D eigenvalue weighted by Gasteiger charge is -2.07. The van der Waals surface area contributed by atoms with E-state index in [-0.39, 0.29) is 0 Å². The van der Waals surface area contributed by atoms with Gasteiger partial charge in [-0.3, -0.25) is 0 Å². The molecule has 0 aliphatic carbocycles. The second-order valence-corrected chi connectivity index (χ2v) is 3.36. The fraction of sp³-hybridized carbons (Fsp3) is 0.400. The van der Waals surface area contributed by atoms with E-state index < -0.39 is 0 Å². The fourth-order valence-electron chi connectivity index (χ4n) is 1.15. The average molecular weight is 212 g/mol. The third kappa shape index (κ3) is 3.24. The van der Waals surface area contributed by atoms with Gasteiger partial charge in [-0.2, -0.15) is 0 Å². The number of hydrogen-bond donors (Lipinski definition) is 0. The summed E-state index contributed by atoms with van der Waals surface area (Å²) >= 11 is 5.98. The molecule has 14 heavy (non-hydrogen) atoms. The molecule has 1 rings (SSSR count). The summed E-state index contributed by atoms with van der Waals surface area (Å²) in [5, 5.41) is 0.798. The number of halogens is 1. The van der Waals surface area contributed by atoms with E-state index in [9.17, 15) is 0 Å². The van der Waals surface area contributed by atoms with Crippen molar-refractivity contribution in [3.05, 3.63) is 28.8 Å². The molecule has 0 atom stereocenters. The summed E-state index contributed by atoms with van der Waals surface area (Å²) in [5.41, 5.74) is 1.11. The number of hydrogen-bond acceptors (Lipinski definition) is 2. The van der Waals surface area contributed by atoms with Gasteiger partial charge >= 0.3 is 0 Å². The van der Waals surface area contributed by atoms with E-state index in [1.807, 2.05) is 18.2 Å². The Bertz CT molecular complexity index is 291. The SMILES string of the molecule is BCc1cc(OCCOC)ccc1Cl. The Balaban J connectivity index is 2.60. The van der Waals surface area contributed by atoms with Gasteiger partial charge in [0.15, 0.2) is 0 Å². The Hall–Kier alpha value is -0.665. The summed E-state index contributed by atoms with van der Waals surface area (Å²) < 4.78 is 10.4. The van der Waals surface area contributed by atoms with Crippen molar-refractivity contribution in [2.75, 3.05) is 20.3 Å². The van der Waals surface area contributed by atoms with Crippen molar-refractivity contribution in [1.29, 1.82) is 0 Å². The zero-order valence-electron chi connectivity index (χ0n) is 8.55. The number of ether oxygens (including phenoxy) is 2. The highest BCUT2D eigenvalue weighted by Gasteiger charge is 2.00. The van der Waals surface area contributed by atoms with Gasteiger partial charge in [-0.05, 0) is 23.8 Å². The quantitative estimate of drug-likeness (QED) is 0.544. The Morgan fingerprint density at radius 1 is 1.36 bits per heavy atom. The van der Waals surface area contributed by atoms with Gasteiger partial charge in [-0.25, -0.2) is 0 Å². The molecule has 0 saturated heterocycles. The standard InChI is InChI=1S/C10H14BClO2/c1-13-4-5-14-9-2-3-10(12)8(6-9)7-11/h2-3,6H,4-5,7,11H2,1H3. The maximum Gasteiger partial charge on any atom is 0.119 e. The number of benzene rings is 1. The molecule has 0 aliphatic heterocycles. The summed E-state index contributed by atoms with van der Waals surface area (Å²) in [6.45, 7) is 1.17. The van der Waals surface area contributed by atoms with Crippen LogP contribution in [-0.2, 0) is 11.1 Å². The largest absolute Gasteiger partial charge is 0.491 e. The van der Waals surface area contributed by atoms with Crippen molar-refractivity contribution in [1.82, 2.24) is 0 Å². The second kappa shape index (κ2) is 5.94. The van der Waals surface area contributed by atoms with E-state index in [0.717, 1.165) is 22.7 Å². The van der Waals surface area contributed by atoms with Crippen molar-refractivity contribution in [3.63, 3.8) is 0 Å². The monoisotopic (exact) mass is 212 g/mol. The van der Waals surface area contributed by atoms with Crippen LogP contribution in [0.4, 0.5) is 0 Å². The minimum atomic E-state index is 0.571. The molecule has 0 bridgehead atoms. The van der Waals surface area contributed by atoms with Crippen molar-refractivity contribution in [3.8, 4) is 5.75 Å². The highest BCUT2D eigenvalue weighted by molar-refractivity contribution is 6.31. The molecule has 1 aromatic rings. The average Bonchev–Trinajstić information content (AvgIpc) is 2.21. The van der Waals surface area contributed by atoms with Gasteiger partial charge in [0.05, 0.1) is 6.61 Å². The van der Waals surface area contributed by atoms with Crippen LogP contribution in [0, 0.1) is 0 Å². The van der Waals surface area contributed by atoms with Gasteiger partial charge in [0.1, 0.15) is 20.2 Å². The molecule has 0 unspecified atom stereocenters. The van der Waals surface area contributed by atoms with Crippen LogP contribution >= 0.6 is 11.6 Å². The van der Waals surface area contributed by atoms with Crippen LogP contribution in [0.2, 0.25) is 5.02 Å². The van der Waals surface area contributed by atoms with Crippen LogP contribution in [0.1, 0.15) is 5.56 Å². The molecule has 2 nitrogen and oxygen atoms in total. The molecule has 0 aromatic heterocycles. The van der Waals surface area contributed by atoms with E-state index in [2.05, 4.69) is 7.85 Å². The third-order valence-electron chi connectivity index (χ3n) is 1.95. The second-order valence-electron chi connectivity index (χ2n) is 2.95. The molecule has 0 amide bonds. The molecule has 1 aromatic carbocycles. The van der Waals surface area contributed by atoms with E-state index in [0.29, 0.717) is 13.2 Å². The van der Waals surface area contributed by atoms with Crippen LogP contribution in [-0.4, -0.2) is 28.2 Å². The van der Waals surface area contributed by atoms with Crippen LogP contribution in [0.5, 0.6) is 5.75 Å². The molecule has 0 spiro atoms. The van der Waals surface area contributed by atoms with Gasteiger partial charge in [-0.1, -0.05) is 17.9 Å². The van der Waals surface area contributed by atoms with E-state index in [4.69, 9.17) is 21.1 Å². The smallest absolute Gasteiger partial charge is 0.119 e. The highest BCUT2D eigenvalue weighted by Crippen LogP contribution is 2.21. The van der Waals surface area contributed by atoms with E-state index >= 15 is 0 Å². The highest BCUT2D eigenvalue weighted by atomic mass is 35.5. The summed E-state index contributed by atoms with van der Waals surface area (Å²) in [6, 6.07) is 5.71. The van der Waals surface area contributed by atoms with Crippen molar-refractivity contribution in [2.45, 2.75) is 6.32 Å². The van der Waals surface area contributed by atoms with Gasteiger partial charge in [0.2, 0.25) is 0 Å². The minimum Gasteiger partial charge on any atom is -0.491 e. The number of methoxy groups -OCH3 is 1. The zero-order chi connectivity index (χ0) is 10.4. The molecule has 0 fully saturated rings. The van der Waals surface area contributed by atoms with Crippen LogP contribution in [0.15, 0.2) is 18.2 Å². The lowest BCUT2D eigenvalue weighted by molar-refractivity contribution is 0.146. The molecule has 0 radical (unpaired) electrons. The number of rotatable bonds is 5. The normalized spacial score (nSPS) is 10.1. The maximum absolute atomic E-state index is 5.98. The predicted molar refractivity (Wildman–Crippen MR) is 61.1 cm³/mol. The molecule has 4 heteroatoms. The summed E-state index contributed by atoms with van der Waals surface area (Å²) in [5.74, 6) is 0.850. The first-order valence-corrected chi connectivity index (χ1v) is 5.06. The van der Waals surface area contributed by atoms with Gasteiger partial charge < -0.3 is 9.47 Å². The Labute approximate surface area is 90.6 Å². The summed E-state index contributed by atoms with van der Waals surface area (Å²) in [4.78, 5) is 0. The van der Waals surface area contributed by atoms with Crippen molar-refractivity contribution < 1.29 is 9.47 Å². The van der Waals surface area contributed by atoms with Crippen LogP contribution < -0.4 is 4.74 Å². The first kappa shape index (κ1) is 11.4. The van der Waals surface area contributed by atoms with Gasteiger partial charge in [-0.15, -0.1) is 0 Å². The molecular formula is C10H14BClO2. The lowest BCUT2D eigenvalue weighted by atomic mass is 9.97. The molecular weight excluding hydrogens is 198 g/mol. The molecule has 0 saturated carbocycles. The molecule has 0 N–H and O–H groups in total. The molecule has 76 valence electrons. The van der Waals surface area contributed by atoms with Gasteiger partial charge in [0.25, 0.3) is 0 Å². The first-order chi connectivity index (χ1) is 6.77. The Morgan fingerprint density at radius 2 is 2.14 bits per heavy atom.